The third kappa shape index (κ3) is 2.26. The minimum Gasteiger partial charge on any atom is -0.509 e. The summed E-state index contributed by atoms with van der Waals surface area (Å²) in [6.07, 6.45) is 5.44. The highest BCUT2D eigenvalue weighted by Gasteiger charge is 2.41. The van der Waals surface area contributed by atoms with Crippen molar-refractivity contribution < 1.29 is 25.1 Å². The van der Waals surface area contributed by atoms with Gasteiger partial charge in [0.2, 0.25) is 5.79 Å². The van der Waals surface area contributed by atoms with Gasteiger partial charge in [-0.2, -0.15) is 4.89 Å². The standard InChI is InChI=1S/C14H12O5/c15-11-5-2-9(3-6-11)1-4-10-7-14(17)8-12(16)13(10)18-19-14/h1-8,13,15-17H/b4-1+. The molecule has 2 aliphatic heterocycles. The van der Waals surface area contributed by atoms with Crippen molar-refractivity contribution in [1.29, 1.82) is 0 Å². The molecule has 1 aromatic rings. The van der Waals surface area contributed by atoms with Crippen LogP contribution in [-0.4, -0.2) is 27.2 Å². The summed E-state index contributed by atoms with van der Waals surface area (Å²) in [5.41, 5.74) is 1.47. The number of rotatable bonds is 2. The summed E-state index contributed by atoms with van der Waals surface area (Å²) in [4.78, 5) is 9.59. The van der Waals surface area contributed by atoms with Crippen LogP contribution in [0.4, 0.5) is 0 Å². The molecule has 2 heterocycles. The third-order valence-electron chi connectivity index (χ3n) is 2.94. The summed E-state index contributed by atoms with van der Waals surface area (Å²) < 4.78 is 0. The lowest BCUT2D eigenvalue weighted by atomic mass is 9.95. The van der Waals surface area contributed by atoms with Crippen LogP contribution in [0.25, 0.3) is 6.08 Å². The lowest BCUT2D eigenvalue weighted by Gasteiger charge is -2.35. The van der Waals surface area contributed by atoms with Gasteiger partial charge in [0.1, 0.15) is 11.5 Å². The molecule has 0 saturated heterocycles. The van der Waals surface area contributed by atoms with Crippen molar-refractivity contribution in [1.82, 2.24) is 0 Å². The number of aliphatic hydroxyl groups excluding tert-OH is 1. The average Bonchev–Trinajstić information content (AvgIpc) is 2.37. The summed E-state index contributed by atoms with van der Waals surface area (Å²) >= 11 is 0. The van der Waals surface area contributed by atoms with Crippen LogP contribution in [-0.2, 0) is 9.78 Å². The van der Waals surface area contributed by atoms with Gasteiger partial charge in [0, 0.05) is 6.08 Å². The van der Waals surface area contributed by atoms with E-state index in [1.165, 1.54) is 12.2 Å². The van der Waals surface area contributed by atoms with Crippen molar-refractivity contribution in [2.45, 2.75) is 11.9 Å². The molecule has 1 aliphatic carbocycles. The Labute approximate surface area is 109 Å². The van der Waals surface area contributed by atoms with E-state index in [2.05, 4.69) is 0 Å². The quantitative estimate of drug-likeness (QED) is 0.707. The normalized spacial score (nSPS) is 29.4. The van der Waals surface area contributed by atoms with Gasteiger partial charge in [0.05, 0.1) is 0 Å². The van der Waals surface area contributed by atoms with E-state index in [9.17, 15) is 15.3 Å². The third-order valence-corrected chi connectivity index (χ3v) is 2.94. The molecule has 5 nitrogen and oxygen atoms in total. The lowest BCUT2D eigenvalue weighted by Crippen LogP contribution is -2.42. The highest BCUT2D eigenvalue weighted by atomic mass is 17.2. The molecule has 3 aliphatic rings. The van der Waals surface area contributed by atoms with Crippen LogP contribution in [0.1, 0.15) is 5.56 Å². The number of aromatic hydroxyl groups is 1. The topological polar surface area (TPSA) is 79.2 Å². The van der Waals surface area contributed by atoms with E-state index in [1.54, 1.807) is 36.4 Å². The SMILES string of the molecule is OC1=CC2(O)C=C(/C=C/c3ccc(O)cc3)C1OO2. The Balaban J connectivity index is 1.85. The molecule has 0 aromatic heterocycles. The van der Waals surface area contributed by atoms with Gasteiger partial charge in [0.25, 0.3) is 0 Å². The van der Waals surface area contributed by atoms with Crippen LogP contribution < -0.4 is 0 Å². The number of aliphatic hydroxyl groups is 2. The minimum absolute atomic E-state index is 0.0818. The van der Waals surface area contributed by atoms with Gasteiger partial charge in [-0.15, -0.1) is 0 Å². The molecule has 0 fully saturated rings. The maximum absolute atomic E-state index is 9.87. The van der Waals surface area contributed by atoms with E-state index in [-0.39, 0.29) is 11.5 Å². The van der Waals surface area contributed by atoms with E-state index in [0.29, 0.717) is 5.57 Å². The zero-order valence-electron chi connectivity index (χ0n) is 9.85. The van der Waals surface area contributed by atoms with Gasteiger partial charge < -0.3 is 15.3 Å². The number of hydrogen-bond donors (Lipinski definition) is 3. The Morgan fingerprint density at radius 1 is 1.05 bits per heavy atom. The van der Waals surface area contributed by atoms with Crippen molar-refractivity contribution in [2.24, 2.45) is 0 Å². The molecule has 0 radical (unpaired) electrons. The largest absolute Gasteiger partial charge is 0.509 e. The summed E-state index contributed by atoms with van der Waals surface area (Å²) in [7, 11) is 0. The van der Waals surface area contributed by atoms with Gasteiger partial charge in [0.15, 0.2) is 6.10 Å². The van der Waals surface area contributed by atoms with Gasteiger partial charge in [-0.3, -0.25) is 0 Å². The molecule has 2 unspecified atom stereocenters. The fourth-order valence-electron chi connectivity index (χ4n) is 2.01. The molecule has 0 spiro atoms. The van der Waals surface area contributed by atoms with Crippen LogP contribution in [0.3, 0.4) is 0 Å². The summed E-state index contributed by atoms with van der Waals surface area (Å²) in [6, 6.07) is 6.64. The molecule has 4 rings (SSSR count). The Kier molecular flexibility index (Phi) is 2.67. The number of fused-ring (bicyclic) bond motifs is 1. The van der Waals surface area contributed by atoms with E-state index in [4.69, 9.17) is 9.78 Å². The van der Waals surface area contributed by atoms with Crippen LogP contribution >= 0.6 is 0 Å². The van der Waals surface area contributed by atoms with Gasteiger partial charge in [-0.05, 0) is 29.3 Å². The van der Waals surface area contributed by atoms with Crippen molar-refractivity contribution in [3.05, 3.63) is 59.4 Å². The molecule has 1 aromatic carbocycles. The van der Waals surface area contributed by atoms with Gasteiger partial charge in [-0.25, -0.2) is 4.89 Å². The van der Waals surface area contributed by atoms with Crippen molar-refractivity contribution in [2.75, 3.05) is 0 Å². The maximum atomic E-state index is 9.87. The second kappa shape index (κ2) is 4.24. The molecule has 2 atom stereocenters. The van der Waals surface area contributed by atoms with Crippen LogP contribution in [0.15, 0.2) is 53.8 Å². The monoisotopic (exact) mass is 260 g/mol. The molecule has 19 heavy (non-hydrogen) atoms. The highest BCUT2D eigenvalue weighted by molar-refractivity contribution is 5.56. The summed E-state index contributed by atoms with van der Waals surface area (Å²) in [5.74, 6) is -1.60. The van der Waals surface area contributed by atoms with Gasteiger partial charge >= 0.3 is 0 Å². The summed E-state index contributed by atoms with van der Waals surface area (Å²) in [5, 5.41) is 28.7. The molecule has 5 heteroatoms. The second-order valence-electron chi connectivity index (χ2n) is 4.45. The number of phenolic OH excluding ortho intramolecular Hbond substituents is 1. The smallest absolute Gasteiger partial charge is 0.242 e. The first-order valence-electron chi connectivity index (χ1n) is 5.74. The number of hydrogen-bond acceptors (Lipinski definition) is 5. The van der Waals surface area contributed by atoms with E-state index in [0.717, 1.165) is 5.56 Å². The van der Waals surface area contributed by atoms with Crippen molar-refractivity contribution in [3.8, 4) is 5.75 Å². The average molecular weight is 260 g/mol. The molecular formula is C14H12O5. The Morgan fingerprint density at radius 2 is 1.79 bits per heavy atom. The number of phenols is 1. The van der Waals surface area contributed by atoms with Crippen molar-refractivity contribution in [3.63, 3.8) is 0 Å². The first-order chi connectivity index (χ1) is 9.06. The van der Waals surface area contributed by atoms with Crippen LogP contribution in [0, 0.1) is 0 Å². The van der Waals surface area contributed by atoms with Crippen LogP contribution in [0.5, 0.6) is 5.75 Å². The molecule has 3 N–H and O–H groups in total. The second-order valence-corrected chi connectivity index (χ2v) is 4.45. The fraction of sp³-hybridized carbons (Fsp3) is 0.143. The van der Waals surface area contributed by atoms with E-state index in [1.807, 2.05) is 0 Å². The molecule has 0 amide bonds. The first-order valence-corrected chi connectivity index (χ1v) is 5.74. The Morgan fingerprint density at radius 3 is 2.42 bits per heavy atom. The molecule has 2 bridgehead atoms. The molecule has 98 valence electrons. The molecule has 0 saturated carbocycles. The van der Waals surface area contributed by atoms with Crippen molar-refractivity contribution >= 4 is 6.08 Å². The Hall–Kier alpha value is -2.08. The van der Waals surface area contributed by atoms with E-state index < -0.39 is 11.9 Å². The Bertz CT molecular complexity index is 584. The predicted octanol–water partition coefficient (Wildman–Crippen LogP) is 1.81. The zero-order valence-corrected chi connectivity index (χ0v) is 9.85. The predicted molar refractivity (Wildman–Crippen MR) is 66.8 cm³/mol. The first kappa shape index (κ1) is 12.0. The van der Waals surface area contributed by atoms with Crippen LogP contribution in [0.2, 0.25) is 0 Å². The maximum Gasteiger partial charge on any atom is 0.242 e. The number of benzene rings is 1. The van der Waals surface area contributed by atoms with Gasteiger partial charge in [-0.1, -0.05) is 24.3 Å². The zero-order chi connectivity index (χ0) is 13.5. The van der Waals surface area contributed by atoms with E-state index >= 15 is 0 Å². The molecular weight excluding hydrogens is 248 g/mol. The lowest BCUT2D eigenvalue weighted by molar-refractivity contribution is -0.416. The highest BCUT2D eigenvalue weighted by Crippen LogP contribution is 2.35. The fourth-order valence-corrected chi connectivity index (χ4v) is 2.01. The minimum atomic E-state index is -1.71. The summed E-state index contributed by atoms with van der Waals surface area (Å²) in [6.45, 7) is 0.